The zero-order valence-electron chi connectivity index (χ0n) is 14.8. The predicted octanol–water partition coefficient (Wildman–Crippen LogP) is 3.14. The number of nitrogens with zero attached hydrogens (tertiary/aromatic N) is 2. The van der Waals surface area contributed by atoms with Crippen LogP contribution in [0.2, 0.25) is 0 Å². The van der Waals surface area contributed by atoms with E-state index >= 15 is 0 Å². The Bertz CT molecular complexity index is 805. The van der Waals surface area contributed by atoms with E-state index in [0.717, 1.165) is 0 Å². The zero-order chi connectivity index (χ0) is 18.8. The molecule has 0 aliphatic rings. The molecule has 0 fully saturated rings. The third-order valence-electron chi connectivity index (χ3n) is 3.27. The number of benzene rings is 1. The first-order valence-electron chi connectivity index (χ1n) is 7.56. The monoisotopic (exact) mass is 347 g/mol. The lowest BCUT2D eigenvalue weighted by molar-refractivity contribution is 0.0634. The van der Waals surface area contributed by atoms with Gasteiger partial charge in [0.25, 0.3) is 0 Å². The highest BCUT2D eigenvalue weighted by Gasteiger charge is 2.21. The normalized spacial score (nSPS) is 11.1. The molecule has 8 nitrogen and oxygen atoms in total. The predicted molar refractivity (Wildman–Crippen MR) is 92.0 cm³/mol. The number of nitrogens with one attached hydrogen (secondary N) is 1. The van der Waals surface area contributed by atoms with Crippen LogP contribution in [-0.2, 0) is 11.8 Å². The van der Waals surface area contributed by atoms with Crippen LogP contribution in [0, 0.1) is 0 Å². The van der Waals surface area contributed by atoms with Crippen LogP contribution < -0.4 is 10.1 Å². The summed E-state index contributed by atoms with van der Waals surface area (Å²) in [6, 6.07) is 4.90. The minimum atomic E-state index is -1.10. The van der Waals surface area contributed by atoms with E-state index in [1.807, 2.05) is 0 Å². The van der Waals surface area contributed by atoms with Gasteiger partial charge >= 0.3 is 12.1 Å². The number of methoxy groups -OCH3 is 1. The highest BCUT2D eigenvalue weighted by molar-refractivity contribution is 5.96. The van der Waals surface area contributed by atoms with Crippen LogP contribution in [0.3, 0.4) is 0 Å². The molecule has 25 heavy (non-hydrogen) atoms. The van der Waals surface area contributed by atoms with E-state index in [-0.39, 0.29) is 5.56 Å². The number of aryl methyl sites for hydroxylation is 1. The molecular weight excluding hydrogens is 326 g/mol. The number of carboxylic acids is 1. The number of anilines is 1. The van der Waals surface area contributed by atoms with E-state index in [1.54, 1.807) is 46.0 Å². The molecule has 0 atom stereocenters. The Hall–Kier alpha value is -3.03. The van der Waals surface area contributed by atoms with Crippen molar-refractivity contribution in [2.24, 2.45) is 7.05 Å². The average Bonchev–Trinajstić information content (AvgIpc) is 2.87. The van der Waals surface area contributed by atoms with Crippen LogP contribution >= 0.6 is 0 Å². The van der Waals surface area contributed by atoms with Gasteiger partial charge in [-0.15, -0.1) is 0 Å². The molecule has 2 rings (SSSR count). The minimum Gasteiger partial charge on any atom is -0.496 e. The van der Waals surface area contributed by atoms with Crippen molar-refractivity contribution in [1.82, 2.24) is 9.78 Å². The number of aromatic nitrogens is 2. The number of carbonyl (C=O) groups is 2. The summed E-state index contributed by atoms with van der Waals surface area (Å²) in [5.74, 6) is -0.642. The number of rotatable bonds is 4. The Kier molecular flexibility index (Phi) is 5.01. The van der Waals surface area contributed by atoms with Crippen molar-refractivity contribution in [1.29, 1.82) is 0 Å². The van der Waals surface area contributed by atoms with Crippen molar-refractivity contribution < 1.29 is 24.2 Å². The summed E-state index contributed by atoms with van der Waals surface area (Å²) in [5, 5.41) is 16.0. The lowest BCUT2D eigenvalue weighted by Gasteiger charge is -2.20. The number of hydrogen-bond acceptors (Lipinski definition) is 5. The zero-order valence-corrected chi connectivity index (χ0v) is 14.8. The van der Waals surface area contributed by atoms with Crippen LogP contribution in [0.5, 0.6) is 5.75 Å². The average molecular weight is 347 g/mol. The van der Waals surface area contributed by atoms with Crippen molar-refractivity contribution in [3.8, 4) is 17.0 Å². The molecule has 0 saturated heterocycles. The fraction of sp³-hybridized carbons (Fsp3) is 0.353. The Morgan fingerprint density at radius 1 is 1.28 bits per heavy atom. The highest BCUT2D eigenvalue weighted by Crippen LogP contribution is 2.34. The molecule has 8 heteroatoms. The molecule has 134 valence electrons. The van der Waals surface area contributed by atoms with Gasteiger partial charge in [-0.3, -0.25) is 10.00 Å². The van der Waals surface area contributed by atoms with Gasteiger partial charge in [0.15, 0.2) is 0 Å². The Balaban J connectivity index is 2.44. The molecule has 2 aromatic rings. The number of aromatic carboxylic acids is 1. The van der Waals surface area contributed by atoms with Crippen molar-refractivity contribution in [3.05, 3.63) is 30.0 Å². The van der Waals surface area contributed by atoms with Crippen LogP contribution in [0.15, 0.2) is 24.4 Å². The standard InChI is InChI=1S/C17H21N3O5/c1-17(2,3)25-16(23)19-10-6-7-13(24-5)11(8-10)14-12(15(21)22)9-18-20(14)4/h6-9H,1-5H3,(H,19,23)(H,21,22). The first kappa shape index (κ1) is 18.3. The number of amides is 1. The van der Waals surface area contributed by atoms with Crippen molar-refractivity contribution in [2.75, 3.05) is 12.4 Å². The summed E-state index contributed by atoms with van der Waals surface area (Å²) in [6.07, 6.45) is 0.664. The maximum atomic E-state index is 11.9. The molecule has 0 aliphatic carbocycles. The van der Waals surface area contributed by atoms with Gasteiger partial charge in [0, 0.05) is 18.3 Å². The first-order chi connectivity index (χ1) is 11.6. The number of ether oxygens (including phenoxy) is 2. The van der Waals surface area contributed by atoms with E-state index < -0.39 is 17.7 Å². The fourth-order valence-corrected chi connectivity index (χ4v) is 2.31. The third kappa shape index (κ3) is 4.28. The third-order valence-corrected chi connectivity index (χ3v) is 3.27. The van der Waals surface area contributed by atoms with Gasteiger partial charge in [0.05, 0.1) is 19.0 Å². The molecule has 2 N–H and O–H groups in total. The molecule has 0 unspecified atom stereocenters. The summed E-state index contributed by atoms with van der Waals surface area (Å²) in [7, 11) is 3.12. The van der Waals surface area contributed by atoms with Gasteiger partial charge in [-0.1, -0.05) is 0 Å². The second-order valence-electron chi connectivity index (χ2n) is 6.38. The summed E-state index contributed by atoms with van der Waals surface area (Å²) in [6.45, 7) is 5.29. The molecule has 0 bridgehead atoms. The summed E-state index contributed by atoms with van der Waals surface area (Å²) >= 11 is 0. The lowest BCUT2D eigenvalue weighted by atomic mass is 10.1. The SMILES string of the molecule is COc1ccc(NC(=O)OC(C)(C)C)cc1-c1c(C(=O)O)cnn1C. The van der Waals surface area contributed by atoms with E-state index in [9.17, 15) is 14.7 Å². The molecule has 0 radical (unpaired) electrons. The molecular formula is C17H21N3O5. The van der Waals surface area contributed by atoms with E-state index in [4.69, 9.17) is 9.47 Å². The number of carbonyl (C=O) groups excluding carboxylic acids is 1. The second-order valence-corrected chi connectivity index (χ2v) is 6.38. The van der Waals surface area contributed by atoms with Crippen LogP contribution in [0.4, 0.5) is 10.5 Å². The largest absolute Gasteiger partial charge is 0.496 e. The minimum absolute atomic E-state index is 0.0372. The fourth-order valence-electron chi connectivity index (χ4n) is 2.31. The van der Waals surface area contributed by atoms with Crippen molar-refractivity contribution in [2.45, 2.75) is 26.4 Å². The van der Waals surface area contributed by atoms with Crippen LogP contribution in [-0.4, -0.2) is 39.7 Å². The molecule has 1 aromatic carbocycles. The van der Waals surface area contributed by atoms with Gasteiger partial charge in [-0.05, 0) is 39.0 Å². The maximum absolute atomic E-state index is 11.9. The maximum Gasteiger partial charge on any atom is 0.412 e. The smallest absolute Gasteiger partial charge is 0.412 e. The van der Waals surface area contributed by atoms with Gasteiger partial charge in [-0.25, -0.2) is 9.59 Å². The molecule has 1 aromatic heterocycles. The second kappa shape index (κ2) is 6.84. The Morgan fingerprint density at radius 3 is 2.52 bits per heavy atom. The Morgan fingerprint density at radius 2 is 1.96 bits per heavy atom. The molecule has 1 amide bonds. The van der Waals surface area contributed by atoms with Crippen molar-refractivity contribution in [3.63, 3.8) is 0 Å². The van der Waals surface area contributed by atoms with Gasteiger partial charge < -0.3 is 14.6 Å². The molecule has 0 saturated carbocycles. The summed E-state index contributed by atoms with van der Waals surface area (Å²) in [5.41, 5.74) is 0.723. The van der Waals surface area contributed by atoms with Gasteiger partial charge in [-0.2, -0.15) is 5.10 Å². The molecule has 0 spiro atoms. The molecule has 0 aliphatic heterocycles. The van der Waals surface area contributed by atoms with Gasteiger partial charge in [0.2, 0.25) is 0 Å². The van der Waals surface area contributed by atoms with Crippen LogP contribution in [0.25, 0.3) is 11.3 Å². The number of carboxylic acid groups (broad SMARTS) is 1. The van der Waals surface area contributed by atoms with E-state index in [2.05, 4.69) is 10.4 Å². The Labute approximate surface area is 145 Å². The highest BCUT2D eigenvalue weighted by atomic mass is 16.6. The van der Waals surface area contributed by atoms with Crippen LogP contribution in [0.1, 0.15) is 31.1 Å². The number of hydrogen-bond donors (Lipinski definition) is 2. The van der Waals surface area contributed by atoms with Gasteiger partial charge in [0.1, 0.15) is 16.9 Å². The van der Waals surface area contributed by atoms with E-state index in [1.165, 1.54) is 18.0 Å². The quantitative estimate of drug-likeness (QED) is 0.881. The molecule has 1 heterocycles. The van der Waals surface area contributed by atoms with Crippen molar-refractivity contribution >= 4 is 17.7 Å². The topological polar surface area (TPSA) is 103 Å². The summed E-state index contributed by atoms with van der Waals surface area (Å²) < 4.78 is 12.0. The lowest BCUT2D eigenvalue weighted by Crippen LogP contribution is -2.27. The summed E-state index contributed by atoms with van der Waals surface area (Å²) in [4.78, 5) is 23.4. The van der Waals surface area contributed by atoms with E-state index in [0.29, 0.717) is 22.7 Å². The first-order valence-corrected chi connectivity index (χ1v) is 7.56.